The van der Waals surface area contributed by atoms with Crippen molar-refractivity contribution in [3.63, 3.8) is 0 Å². The first-order chi connectivity index (χ1) is 27.2. The lowest BCUT2D eigenvalue weighted by Gasteiger charge is -2.43. The van der Waals surface area contributed by atoms with Gasteiger partial charge in [-0.1, -0.05) is 171 Å². The Morgan fingerprint density at radius 1 is 0.345 bits per heavy atom. The Hall–Kier alpha value is -6.10. The summed E-state index contributed by atoms with van der Waals surface area (Å²) in [4.78, 5) is 18.2. The predicted octanol–water partition coefficient (Wildman–Crippen LogP) is 13.6. The molecule has 55 heavy (non-hydrogen) atoms. The van der Waals surface area contributed by atoms with Crippen LogP contribution < -0.4 is 0 Å². The van der Waals surface area contributed by atoms with Crippen molar-refractivity contribution in [2.45, 2.75) is 47.3 Å². The number of fused-ring (bicyclic) bond motifs is 4. The lowest BCUT2D eigenvalue weighted by Crippen LogP contribution is -2.33. The van der Waals surface area contributed by atoms with E-state index in [0.717, 1.165) is 27.8 Å². The Balaban J connectivity index is 1.20. The Morgan fingerprint density at radius 2 is 0.836 bits per heavy atom. The molecule has 0 N–H and O–H groups in total. The van der Waals surface area contributed by atoms with Gasteiger partial charge in [-0.15, -0.1) is 0 Å². The third-order valence-electron chi connectivity index (χ3n) is 11.4. The van der Waals surface area contributed by atoms with E-state index in [4.69, 9.17) is 15.0 Å². The van der Waals surface area contributed by atoms with Crippen molar-refractivity contribution < 1.29 is 0 Å². The van der Waals surface area contributed by atoms with Crippen LogP contribution in [0.1, 0.15) is 43.2 Å². The van der Waals surface area contributed by atoms with Crippen molar-refractivity contribution >= 4 is 11.8 Å². The molecule has 10 rings (SSSR count). The number of benzene rings is 7. The maximum absolute atomic E-state index is 5.19. The largest absolute Gasteiger partial charge is 0.208 e. The summed E-state index contributed by atoms with van der Waals surface area (Å²) < 4.78 is 0. The van der Waals surface area contributed by atoms with Crippen LogP contribution in [0, 0.1) is 0 Å². The van der Waals surface area contributed by atoms with E-state index in [2.05, 4.69) is 140 Å². The SMILES string of the molecule is c1ccc(-c2nc(-c3ccccc3)nc(-c3cc(-c4ccc5c(c4)C4(CCCCC4)c4ccccc4S5)cc(-c4ccccc4-c4ccccc4)c3)n2)cc1. The van der Waals surface area contributed by atoms with E-state index >= 15 is 0 Å². The number of hydrogen-bond acceptors (Lipinski definition) is 4. The van der Waals surface area contributed by atoms with Gasteiger partial charge in [-0.3, -0.25) is 0 Å². The van der Waals surface area contributed by atoms with Crippen LogP contribution in [0.25, 0.3) is 67.5 Å². The van der Waals surface area contributed by atoms with Crippen molar-refractivity contribution in [3.8, 4) is 67.5 Å². The summed E-state index contributed by atoms with van der Waals surface area (Å²) in [5.41, 5.74) is 12.9. The molecule has 0 amide bonds. The molecule has 1 aromatic heterocycles. The van der Waals surface area contributed by atoms with Gasteiger partial charge in [0.25, 0.3) is 0 Å². The first-order valence-electron chi connectivity index (χ1n) is 19.3. The molecule has 7 aromatic carbocycles. The van der Waals surface area contributed by atoms with Crippen LogP contribution in [0.5, 0.6) is 0 Å². The average molecular weight is 726 g/mol. The van der Waals surface area contributed by atoms with Crippen LogP contribution >= 0.6 is 11.8 Å². The van der Waals surface area contributed by atoms with E-state index in [1.807, 2.05) is 48.2 Å². The van der Waals surface area contributed by atoms with Gasteiger partial charge in [0, 0.05) is 31.9 Å². The molecule has 3 nitrogen and oxygen atoms in total. The monoisotopic (exact) mass is 725 g/mol. The Bertz CT molecular complexity index is 2590. The standard InChI is InChI=1S/C51H39N3S/c1-5-17-35(18-6-1)42-23-11-12-24-43(42)40-31-39(38-27-28-47-45(34-38)51(29-15-4-16-30-51)44-25-13-14-26-46(44)55-47)32-41(33-40)50-53-48(36-19-7-2-8-20-36)52-49(54-50)37-21-9-3-10-22-37/h1-3,5-14,17-28,31-34H,4,15-16,29-30H2. The summed E-state index contributed by atoms with van der Waals surface area (Å²) in [6.45, 7) is 0. The Morgan fingerprint density at radius 3 is 1.49 bits per heavy atom. The number of rotatable bonds is 6. The molecule has 0 radical (unpaired) electrons. The van der Waals surface area contributed by atoms with Crippen LogP contribution in [0.2, 0.25) is 0 Å². The molecular weight excluding hydrogens is 687 g/mol. The van der Waals surface area contributed by atoms with Gasteiger partial charge in [0.2, 0.25) is 0 Å². The molecule has 1 aliphatic carbocycles. The van der Waals surface area contributed by atoms with E-state index in [9.17, 15) is 0 Å². The summed E-state index contributed by atoms with van der Waals surface area (Å²) in [5, 5.41) is 0. The van der Waals surface area contributed by atoms with E-state index in [0.29, 0.717) is 17.5 Å². The third-order valence-corrected chi connectivity index (χ3v) is 12.5. The highest BCUT2D eigenvalue weighted by Crippen LogP contribution is 2.56. The van der Waals surface area contributed by atoms with Crippen molar-refractivity contribution in [1.82, 2.24) is 15.0 Å². The molecule has 0 unspecified atom stereocenters. The molecule has 2 aliphatic rings. The third kappa shape index (κ3) is 6.27. The molecule has 0 saturated heterocycles. The maximum atomic E-state index is 5.19. The Labute approximate surface area is 327 Å². The van der Waals surface area contributed by atoms with Gasteiger partial charge in [0.1, 0.15) is 0 Å². The molecular formula is C51H39N3S. The summed E-state index contributed by atoms with van der Waals surface area (Å²) in [7, 11) is 0. The maximum Gasteiger partial charge on any atom is 0.164 e. The molecule has 0 atom stereocenters. The zero-order chi connectivity index (χ0) is 36.6. The van der Waals surface area contributed by atoms with Gasteiger partial charge in [-0.05, 0) is 93.7 Å². The molecule has 1 spiro atoms. The van der Waals surface area contributed by atoms with Crippen LogP contribution in [0.4, 0.5) is 0 Å². The second-order valence-corrected chi connectivity index (χ2v) is 15.8. The molecule has 2 heterocycles. The first kappa shape index (κ1) is 33.5. The summed E-state index contributed by atoms with van der Waals surface area (Å²) >= 11 is 1.93. The molecule has 1 saturated carbocycles. The van der Waals surface area contributed by atoms with Crippen LogP contribution in [-0.2, 0) is 5.41 Å². The van der Waals surface area contributed by atoms with Crippen LogP contribution in [0.3, 0.4) is 0 Å². The average Bonchev–Trinajstić information content (AvgIpc) is 3.27. The summed E-state index contributed by atoms with van der Waals surface area (Å²) in [5.74, 6) is 1.97. The molecule has 1 aliphatic heterocycles. The minimum absolute atomic E-state index is 0.0369. The highest BCUT2D eigenvalue weighted by atomic mass is 32.2. The topological polar surface area (TPSA) is 38.7 Å². The van der Waals surface area contributed by atoms with E-state index in [-0.39, 0.29) is 5.41 Å². The lowest BCUT2D eigenvalue weighted by molar-refractivity contribution is 0.335. The number of hydrogen-bond donors (Lipinski definition) is 0. The first-order valence-corrected chi connectivity index (χ1v) is 20.1. The van der Waals surface area contributed by atoms with E-state index in [1.165, 1.54) is 75.3 Å². The fourth-order valence-corrected chi connectivity index (χ4v) is 9.96. The van der Waals surface area contributed by atoms with Gasteiger partial charge in [0.05, 0.1) is 0 Å². The molecule has 0 bridgehead atoms. The summed E-state index contributed by atoms with van der Waals surface area (Å²) in [6, 6.07) is 63.1. The number of aromatic nitrogens is 3. The highest BCUT2D eigenvalue weighted by Gasteiger charge is 2.41. The van der Waals surface area contributed by atoms with E-state index in [1.54, 1.807) is 0 Å². The zero-order valence-corrected chi connectivity index (χ0v) is 31.3. The minimum atomic E-state index is 0.0369. The molecule has 1 fully saturated rings. The highest BCUT2D eigenvalue weighted by molar-refractivity contribution is 7.99. The molecule has 8 aromatic rings. The van der Waals surface area contributed by atoms with Crippen molar-refractivity contribution in [1.29, 1.82) is 0 Å². The quantitative estimate of drug-likeness (QED) is 0.171. The molecule has 4 heteroatoms. The molecule has 264 valence electrons. The van der Waals surface area contributed by atoms with Crippen LogP contribution in [-0.4, -0.2) is 15.0 Å². The van der Waals surface area contributed by atoms with Crippen LogP contribution in [0.15, 0.2) is 186 Å². The zero-order valence-electron chi connectivity index (χ0n) is 30.5. The van der Waals surface area contributed by atoms with Gasteiger partial charge < -0.3 is 0 Å². The van der Waals surface area contributed by atoms with E-state index < -0.39 is 0 Å². The normalized spacial score (nSPS) is 14.3. The van der Waals surface area contributed by atoms with Crippen molar-refractivity contribution in [3.05, 3.63) is 187 Å². The number of nitrogens with zero attached hydrogens (tertiary/aromatic N) is 3. The fourth-order valence-electron chi connectivity index (χ4n) is 8.70. The lowest BCUT2D eigenvalue weighted by atomic mass is 9.64. The van der Waals surface area contributed by atoms with Gasteiger partial charge in [0.15, 0.2) is 17.5 Å². The smallest absolute Gasteiger partial charge is 0.164 e. The van der Waals surface area contributed by atoms with Crippen molar-refractivity contribution in [2.24, 2.45) is 0 Å². The van der Waals surface area contributed by atoms with Gasteiger partial charge in [-0.25, -0.2) is 15.0 Å². The fraction of sp³-hybridized carbons (Fsp3) is 0.118. The second kappa shape index (κ2) is 14.3. The van der Waals surface area contributed by atoms with Gasteiger partial charge in [-0.2, -0.15) is 0 Å². The van der Waals surface area contributed by atoms with Crippen molar-refractivity contribution in [2.75, 3.05) is 0 Å². The summed E-state index contributed by atoms with van der Waals surface area (Å²) in [6.07, 6.45) is 6.19. The minimum Gasteiger partial charge on any atom is -0.208 e. The Kier molecular flexibility index (Phi) is 8.69. The predicted molar refractivity (Wildman–Crippen MR) is 227 cm³/mol. The van der Waals surface area contributed by atoms with Gasteiger partial charge >= 0.3 is 0 Å². The second-order valence-electron chi connectivity index (χ2n) is 14.7.